The molecule has 9 nitrogen and oxygen atoms in total. The Hall–Kier alpha value is -4.53. The molecule has 0 bridgehead atoms. The van der Waals surface area contributed by atoms with Gasteiger partial charge in [-0.05, 0) is 36.4 Å². The molecule has 0 saturated heterocycles. The smallest absolute Gasteiger partial charge is 0.416 e. The molecule has 0 atom stereocenters. The van der Waals surface area contributed by atoms with Crippen LogP contribution in [0.3, 0.4) is 0 Å². The molecule has 0 aliphatic heterocycles. The molecule has 0 saturated carbocycles. The van der Waals surface area contributed by atoms with Gasteiger partial charge in [0, 0.05) is 12.3 Å². The van der Waals surface area contributed by atoms with Gasteiger partial charge in [-0.3, -0.25) is 19.7 Å². The van der Waals surface area contributed by atoms with Gasteiger partial charge in [0.15, 0.2) is 11.5 Å². The number of nitro groups is 1. The predicted molar refractivity (Wildman–Crippen MR) is 118 cm³/mol. The lowest BCUT2D eigenvalue weighted by Gasteiger charge is -2.18. The number of rotatable bonds is 6. The van der Waals surface area contributed by atoms with E-state index in [1.165, 1.54) is 20.8 Å². The zero-order valence-corrected chi connectivity index (χ0v) is 19.4. The molecule has 188 valence electrons. The maximum Gasteiger partial charge on any atom is 0.416 e. The summed E-state index contributed by atoms with van der Waals surface area (Å²) in [6.07, 6.45) is -4.66. The van der Waals surface area contributed by atoms with Crippen LogP contribution >= 0.6 is 0 Å². The van der Waals surface area contributed by atoms with E-state index in [1.54, 1.807) is 6.07 Å². The van der Waals surface area contributed by atoms with Gasteiger partial charge in [0.25, 0.3) is 5.69 Å². The third-order valence-corrected chi connectivity index (χ3v) is 4.56. The molecule has 2 rings (SSSR count). The summed E-state index contributed by atoms with van der Waals surface area (Å²) in [5.41, 5.74) is -4.55. The number of carbonyl (C=O) groups is 3. The Bertz CT molecular complexity index is 1300. The van der Waals surface area contributed by atoms with Crippen LogP contribution in [0.5, 0.6) is 5.75 Å². The van der Waals surface area contributed by atoms with Gasteiger partial charge in [-0.2, -0.15) is 18.4 Å². The maximum atomic E-state index is 12.9. The van der Waals surface area contributed by atoms with Gasteiger partial charge in [-0.25, -0.2) is 4.79 Å². The average molecular weight is 504 g/mol. The summed E-state index contributed by atoms with van der Waals surface area (Å²) in [4.78, 5) is 47.8. The third-order valence-electron chi connectivity index (χ3n) is 4.56. The van der Waals surface area contributed by atoms with Gasteiger partial charge in [-0.1, -0.05) is 20.8 Å². The number of hydrogen-bond donors (Lipinski definition) is 0. The molecule has 0 N–H and O–H groups in total. The lowest BCUT2D eigenvalue weighted by Crippen LogP contribution is -2.23. The minimum absolute atomic E-state index is 0.230. The van der Waals surface area contributed by atoms with E-state index in [1.807, 2.05) is 0 Å². The average Bonchev–Trinajstić information content (AvgIpc) is 2.77. The van der Waals surface area contributed by atoms with Crippen molar-refractivity contribution in [1.29, 1.82) is 5.26 Å². The molecule has 2 aromatic rings. The topological polar surface area (TPSA) is 137 Å². The van der Waals surface area contributed by atoms with Crippen LogP contribution in [0, 0.1) is 26.9 Å². The quantitative estimate of drug-likeness (QED) is 0.0990. The summed E-state index contributed by atoms with van der Waals surface area (Å²) >= 11 is 0. The summed E-state index contributed by atoms with van der Waals surface area (Å²) in [5, 5.41) is 21.5. The molecule has 0 unspecified atom stereocenters. The van der Waals surface area contributed by atoms with Crippen LogP contribution in [-0.2, 0) is 20.5 Å². The number of halogens is 3. The van der Waals surface area contributed by atoms with Gasteiger partial charge in [0.1, 0.15) is 17.4 Å². The molecular formula is C24H19F3N2O7. The van der Waals surface area contributed by atoms with Crippen molar-refractivity contribution in [1.82, 2.24) is 0 Å². The van der Waals surface area contributed by atoms with Crippen molar-refractivity contribution >= 4 is 29.2 Å². The summed E-state index contributed by atoms with van der Waals surface area (Å²) in [7, 11) is 0. The van der Waals surface area contributed by atoms with Gasteiger partial charge in [0.05, 0.1) is 27.7 Å². The van der Waals surface area contributed by atoms with Crippen molar-refractivity contribution < 1.29 is 42.0 Å². The molecule has 2 aromatic carbocycles. The van der Waals surface area contributed by atoms with E-state index in [2.05, 4.69) is 0 Å². The van der Waals surface area contributed by atoms with E-state index in [0.717, 1.165) is 37.3 Å². The maximum absolute atomic E-state index is 12.9. The third kappa shape index (κ3) is 6.53. The first-order valence-electron chi connectivity index (χ1n) is 10.1. The highest BCUT2D eigenvalue weighted by atomic mass is 19.4. The van der Waals surface area contributed by atoms with Crippen molar-refractivity contribution in [3.63, 3.8) is 0 Å². The Kier molecular flexibility index (Phi) is 8.00. The number of carbonyl (C=O) groups excluding carboxylic acids is 3. The summed E-state index contributed by atoms with van der Waals surface area (Å²) in [5.74, 6) is -3.87. The minimum Gasteiger partial charge on any atom is -0.426 e. The van der Waals surface area contributed by atoms with Crippen LogP contribution in [0.15, 0.2) is 48.0 Å². The highest BCUT2D eigenvalue weighted by Crippen LogP contribution is 2.36. The van der Waals surface area contributed by atoms with Crippen LogP contribution in [0.25, 0.3) is 5.76 Å². The van der Waals surface area contributed by atoms with E-state index >= 15 is 0 Å². The largest absolute Gasteiger partial charge is 0.426 e. The monoisotopic (exact) mass is 504 g/mol. The first kappa shape index (κ1) is 27.7. The Morgan fingerprint density at radius 1 is 1.03 bits per heavy atom. The Morgan fingerprint density at radius 3 is 2.06 bits per heavy atom. The zero-order chi connectivity index (χ0) is 27.4. The Morgan fingerprint density at radius 2 is 1.61 bits per heavy atom. The second-order valence-corrected chi connectivity index (χ2v) is 8.39. The first-order chi connectivity index (χ1) is 16.6. The number of esters is 2. The molecule has 0 aliphatic carbocycles. The molecule has 0 heterocycles. The summed E-state index contributed by atoms with van der Waals surface area (Å²) in [6.45, 7) is 5.44. The minimum atomic E-state index is -4.66. The number of ether oxygens (including phenoxy) is 2. The van der Waals surface area contributed by atoms with E-state index in [-0.39, 0.29) is 11.3 Å². The Balaban J connectivity index is 2.72. The van der Waals surface area contributed by atoms with E-state index in [0.29, 0.717) is 12.1 Å². The number of nitrogens with zero attached hydrogens (tertiary/aromatic N) is 2. The van der Waals surface area contributed by atoms with Crippen LogP contribution in [0.2, 0.25) is 0 Å². The molecule has 0 spiro atoms. The van der Waals surface area contributed by atoms with Gasteiger partial charge >= 0.3 is 18.1 Å². The van der Waals surface area contributed by atoms with Crippen molar-refractivity contribution in [2.24, 2.45) is 5.41 Å². The predicted octanol–water partition coefficient (Wildman–Crippen LogP) is 5.25. The number of allylic oxidation sites excluding steroid dienone is 1. The highest BCUT2D eigenvalue weighted by molar-refractivity contribution is 6.10. The van der Waals surface area contributed by atoms with Crippen molar-refractivity contribution in [3.05, 3.63) is 74.8 Å². The molecule has 0 aromatic heterocycles. The fourth-order valence-electron chi connectivity index (χ4n) is 2.85. The molecular weight excluding hydrogens is 485 g/mol. The first-order valence-corrected chi connectivity index (χ1v) is 10.1. The van der Waals surface area contributed by atoms with Crippen LogP contribution in [-0.4, -0.2) is 22.6 Å². The zero-order valence-electron chi connectivity index (χ0n) is 19.4. The number of benzene rings is 2. The van der Waals surface area contributed by atoms with Gasteiger partial charge in [0.2, 0.25) is 0 Å². The molecule has 0 fully saturated rings. The lowest BCUT2D eigenvalue weighted by molar-refractivity contribution is -0.385. The summed E-state index contributed by atoms with van der Waals surface area (Å²) in [6, 6.07) is 7.45. The van der Waals surface area contributed by atoms with E-state index in [4.69, 9.17) is 9.47 Å². The second kappa shape index (κ2) is 10.4. The van der Waals surface area contributed by atoms with Crippen LogP contribution in [0.1, 0.15) is 49.2 Å². The number of hydrogen-bond acceptors (Lipinski definition) is 8. The summed E-state index contributed by atoms with van der Waals surface area (Å²) < 4.78 is 48.6. The standard InChI is InChI=1S/C24H19F3N2O7/c1-13(30)35-16-9-10-17(19(11-16)29(33)34)20(18(12-28)21(31)23(2,3)4)36-22(32)14-5-7-15(8-6-14)24(25,26)27/h5-11H,1-4H3. The normalized spacial score (nSPS) is 12.2. The second-order valence-electron chi connectivity index (χ2n) is 8.39. The highest BCUT2D eigenvalue weighted by Gasteiger charge is 2.34. The Labute approximate surface area is 202 Å². The lowest BCUT2D eigenvalue weighted by atomic mass is 9.85. The molecule has 36 heavy (non-hydrogen) atoms. The van der Waals surface area contributed by atoms with Crippen LogP contribution < -0.4 is 4.74 Å². The van der Waals surface area contributed by atoms with Gasteiger partial charge < -0.3 is 9.47 Å². The van der Waals surface area contributed by atoms with Crippen molar-refractivity contribution in [2.45, 2.75) is 33.9 Å². The number of alkyl halides is 3. The molecule has 0 amide bonds. The number of Topliss-reactive ketones (excluding diaryl/α,β-unsaturated/α-hetero) is 1. The van der Waals surface area contributed by atoms with E-state index in [9.17, 15) is 42.9 Å². The number of nitro benzene ring substituents is 1. The van der Waals surface area contributed by atoms with Gasteiger partial charge in [-0.15, -0.1) is 0 Å². The van der Waals surface area contributed by atoms with Crippen LogP contribution in [0.4, 0.5) is 18.9 Å². The molecule has 12 heteroatoms. The molecule has 0 aliphatic rings. The van der Waals surface area contributed by atoms with Crippen molar-refractivity contribution in [2.75, 3.05) is 0 Å². The number of ketones is 1. The fourth-order valence-corrected chi connectivity index (χ4v) is 2.85. The fraction of sp³-hybridized carbons (Fsp3) is 0.250. The SMILES string of the molecule is CC(=O)Oc1ccc(C(OC(=O)c2ccc(C(F)(F)F)cc2)=C(C#N)C(=O)C(C)(C)C)c([N+](=O)[O-])c1. The number of nitriles is 1. The molecule has 0 radical (unpaired) electrons. The van der Waals surface area contributed by atoms with Crippen molar-refractivity contribution in [3.8, 4) is 11.8 Å². The van der Waals surface area contributed by atoms with E-state index < -0.39 is 62.4 Å².